The Morgan fingerprint density at radius 3 is 2.36 bits per heavy atom. The molecule has 0 N–H and O–H groups in total. The smallest absolute Gasteiger partial charge is 0.146 e. The van der Waals surface area contributed by atoms with Crippen LogP contribution in [-0.2, 0) is 11.3 Å². The minimum Gasteiger partial charge on any atom is -0.376 e. The largest absolute Gasteiger partial charge is 0.376 e. The molecular weight excluding hydrogens is 335 g/mol. The molecule has 1 aliphatic rings. The second-order valence-electron chi connectivity index (χ2n) is 6.39. The van der Waals surface area contributed by atoms with Crippen molar-refractivity contribution in [1.29, 1.82) is 0 Å². The van der Waals surface area contributed by atoms with Gasteiger partial charge in [0.25, 0.3) is 0 Å². The number of piperazine rings is 1. The van der Waals surface area contributed by atoms with Crippen molar-refractivity contribution in [2.45, 2.75) is 11.9 Å². The zero-order valence-corrected chi connectivity index (χ0v) is 15.2. The van der Waals surface area contributed by atoms with Gasteiger partial charge in [-0.2, -0.15) is 12.6 Å². The highest BCUT2D eigenvalue weighted by Gasteiger charge is 2.20. The Labute approximate surface area is 154 Å². The summed E-state index contributed by atoms with van der Waals surface area (Å²) in [4.78, 5) is 4.49. The Kier molecular flexibility index (Phi) is 6.73. The molecule has 2 aromatic rings. The highest BCUT2D eigenvalue weighted by atomic mass is 32.1. The zero-order valence-electron chi connectivity index (χ0n) is 14.4. The lowest BCUT2D eigenvalue weighted by Gasteiger charge is -2.37. The van der Waals surface area contributed by atoms with Crippen LogP contribution in [0.3, 0.4) is 0 Å². The van der Waals surface area contributed by atoms with E-state index in [1.165, 1.54) is 11.6 Å². The molecule has 0 aromatic heterocycles. The number of para-hydroxylation sites is 1. The van der Waals surface area contributed by atoms with E-state index >= 15 is 0 Å². The van der Waals surface area contributed by atoms with E-state index in [9.17, 15) is 4.39 Å². The topological polar surface area (TPSA) is 15.7 Å². The molecule has 3 rings (SSSR count). The van der Waals surface area contributed by atoms with Crippen molar-refractivity contribution in [2.75, 3.05) is 44.2 Å². The van der Waals surface area contributed by atoms with Crippen molar-refractivity contribution >= 4 is 18.3 Å². The number of anilines is 1. The van der Waals surface area contributed by atoms with Gasteiger partial charge in [0.15, 0.2) is 0 Å². The molecule has 1 aliphatic heterocycles. The van der Waals surface area contributed by atoms with Crippen LogP contribution in [-0.4, -0.2) is 49.5 Å². The molecule has 0 spiro atoms. The van der Waals surface area contributed by atoms with Gasteiger partial charge in [0.05, 0.1) is 18.9 Å². The van der Waals surface area contributed by atoms with Crippen molar-refractivity contribution in [3.8, 4) is 0 Å². The van der Waals surface area contributed by atoms with E-state index in [1.807, 2.05) is 30.3 Å². The minimum atomic E-state index is -0.141. The van der Waals surface area contributed by atoms with Crippen LogP contribution in [0.2, 0.25) is 0 Å². The Morgan fingerprint density at radius 1 is 0.960 bits per heavy atom. The van der Waals surface area contributed by atoms with Crippen molar-refractivity contribution in [1.82, 2.24) is 4.90 Å². The summed E-state index contributed by atoms with van der Waals surface area (Å²) in [5, 5.41) is 0.184. The molecule has 0 amide bonds. The van der Waals surface area contributed by atoms with Gasteiger partial charge in [0.1, 0.15) is 5.82 Å². The SMILES string of the molecule is Fc1ccccc1N1CCN(C[C@@H](S)COCc2ccccc2)CC1. The Hall–Kier alpha value is -1.56. The first-order valence-electron chi connectivity index (χ1n) is 8.74. The fourth-order valence-electron chi connectivity index (χ4n) is 3.12. The van der Waals surface area contributed by atoms with Gasteiger partial charge in [0.2, 0.25) is 0 Å². The summed E-state index contributed by atoms with van der Waals surface area (Å²) in [5.41, 5.74) is 1.89. The molecule has 0 radical (unpaired) electrons. The summed E-state index contributed by atoms with van der Waals surface area (Å²) in [7, 11) is 0. The summed E-state index contributed by atoms with van der Waals surface area (Å²) in [6, 6.07) is 17.2. The molecule has 1 atom stereocenters. The van der Waals surface area contributed by atoms with Crippen LogP contribution in [0.25, 0.3) is 0 Å². The number of hydrogen-bond acceptors (Lipinski definition) is 4. The Bertz CT molecular complexity index is 647. The predicted octanol–water partition coefficient (Wildman–Crippen LogP) is 3.46. The lowest BCUT2D eigenvalue weighted by atomic mass is 10.2. The lowest BCUT2D eigenvalue weighted by Crippen LogP contribution is -2.48. The molecule has 0 bridgehead atoms. The molecule has 0 unspecified atom stereocenters. The van der Waals surface area contributed by atoms with Crippen LogP contribution >= 0.6 is 12.6 Å². The second-order valence-corrected chi connectivity index (χ2v) is 7.12. The lowest BCUT2D eigenvalue weighted by molar-refractivity contribution is 0.112. The molecule has 1 saturated heterocycles. The summed E-state index contributed by atoms with van der Waals surface area (Å²) < 4.78 is 19.6. The highest BCUT2D eigenvalue weighted by molar-refractivity contribution is 7.81. The molecule has 0 saturated carbocycles. The average Bonchev–Trinajstić information content (AvgIpc) is 2.64. The summed E-state index contributed by atoms with van der Waals surface area (Å²) in [6.45, 7) is 5.67. The van der Waals surface area contributed by atoms with Gasteiger partial charge in [-0.05, 0) is 17.7 Å². The first-order valence-corrected chi connectivity index (χ1v) is 9.25. The predicted molar refractivity (Wildman–Crippen MR) is 104 cm³/mol. The second kappa shape index (κ2) is 9.22. The third-order valence-electron chi connectivity index (χ3n) is 4.46. The molecule has 134 valence electrons. The number of thiol groups is 1. The van der Waals surface area contributed by atoms with Gasteiger partial charge in [-0.15, -0.1) is 0 Å². The molecule has 1 heterocycles. The standard InChI is InChI=1S/C20H25FN2OS/c21-19-8-4-5-9-20(19)23-12-10-22(11-13-23)14-18(25)16-24-15-17-6-2-1-3-7-17/h1-9,18,25H,10-16H2/t18-/m1/s1. The number of rotatable bonds is 7. The van der Waals surface area contributed by atoms with Gasteiger partial charge in [0, 0.05) is 38.0 Å². The number of halogens is 1. The third-order valence-corrected chi connectivity index (χ3v) is 4.77. The van der Waals surface area contributed by atoms with Crippen molar-refractivity contribution in [3.63, 3.8) is 0 Å². The van der Waals surface area contributed by atoms with Crippen LogP contribution in [0.1, 0.15) is 5.56 Å². The Morgan fingerprint density at radius 2 is 1.64 bits per heavy atom. The summed E-state index contributed by atoms with van der Waals surface area (Å²) in [5.74, 6) is -0.141. The van der Waals surface area contributed by atoms with Gasteiger partial charge < -0.3 is 9.64 Å². The Balaban J connectivity index is 1.38. The average molecular weight is 360 g/mol. The maximum absolute atomic E-state index is 13.9. The summed E-state index contributed by atoms with van der Waals surface area (Å²) >= 11 is 4.66. The molecular formula is C20H25FN2OS. The fraction of sp³-hybridized carbons (Fsp3) is 0.400. The highest BCUT2D eigenvalue weighted by Crippen LogP contribution is 2.20. The van der Waals surface area contributed by atoms with Gasteiger partial charge in [-0.25, -0.2) is 4.39 Å². The maximum Gasteiger partial charge on any atom is 0.146 e. The normalized spacial score (nSPS) is 16.8. The van der Waals surface area contributed by atoms with Crippen LogP contribution in [0.15, 0.2) is 54.6 Å². The first kappa shape index (κ1) is 18.2. The number of nitrogens with zero attached hydrogens (tertiary/aromatic N) is 2. The van der Waals surface area contributed by atoms with Crippen molar-refractivity contribution in [2.24, 2.45) is 0 Å². The third kappa shape index (κ3) is 5.46. The molecule has 5 heteroatoms. The fourth-order valence-corrected chi connectivity index (χ4v) is 3.45. The molecule has 25 heavy (non-hydrogen) atoms. The number of hydrogen-bond donors (Lipinski definition) is 1. The van der Waals surface area contributed by atoms with Crippen LogP contribution in [0.5, 0.6) is 0 Å². The van der Waals surface area contributed by atoms with Crippen LogP contribution < -0.4 is 4.90 Å². The van der Waals surface area contributed by atoms with E-state index in [0.717, 1.165) is 32.7 Å². The van der Waals surface area contributed by atoms with E-state index in [-0.39, 0.29) is 11.1 Å². The zero-order chi connectivity index (χ0) is 17.5. The molecule has 1 fully saturated rings. The molecule has 0 aliphatic carbocycles. The van der Waals surface area contributed by atoms with E-state index < -0.39 is 0 Å². The summed E-state index contributed by atoms with van der Waals surface area (Å²) in [6.07, 6.45) is 0. The molecule has 3 nitrogen and oxygen atoms in total. The monoisotopic (exact) mass is 360 g/mol. The van der Waals surface area contributed by atoms with Gasteiger partial charge >= 0.3 is 0 Å². The van der Waals surface area contributed by atoms with Crippen molar-refractivity contribution < 1.29 is 9.13 Å². The van der Waals surface area contributed by atoms with Gasteiger partial charge in [-0.1, -0.05) is 42.5 Å². The minimum absolute atomic E-state index is 0.141. The number of benzene rings is 2. The van der Waals surface area contributed by atoms with E-state index in [1.54, 1.807) is 6.07 Å². The molecule has 2 aromatic carbocycles. The first-order chi connectivity index (χ1) is 12.2. The van der Waals surface area contributed by atoms with Crippen LogP contribution in [0, 0.1) is 5.82 Å². The number of ether oxygens (including phenoxy) is 1. The quantitative estimate of drug-likeness (QED) is 0.762. The van der Waals surface area contributed by atoms with Gasteiger partial charge in [-0.3, -0.25) is 4.90 Å². The van der Waals surface area contributed by atoms with Crippen molar-refractivity contribution in [3.05, 3.63) is 66.0 Å². The van der Waals surface area contributed by atoms with Crippen LogP contribution in [0.4, 0.5) is 10.1 Å². The maximum atomic E-state index is 13.9. The van der Waals surface area contributed by atoms with E-state index in [4.69, 9.17) is 4.74 Å². The van der Waals surface area contributed by atoms with E-state index in [0.29, 0.717) is 18.9 Å². The van der Waals surface area contributed by atoms with E-state index in [2.05, 4.69) is 34.6 Å².